The normalized spacial score (nSPS) is 11.9. The first-order valence-electron chi connectivity index (χ1n) is 8.14. The topological polar surface area (TPSA) is 61.0 Å². The van der Waals surface area contributed by atoms with E-state index in [1.807, 2.05) is 47.3 Å². The largest absolute Gasteiger partial charge is 0.497 e. The first kappa shape index (κ1) is 17.9. The summed E-state index contributed by atoms with van der Waals surface area (Å²) >= 11 is 1.54. The molecular weight excluding hydrogens is 348 g/mol. The monoisotopic (exact) mass is 368 g/mol. The van der Waals surface area contributed by atoms with Gasteiger partial charge in [-0.15, -0.1) is 11.3 Å². The lowest BCUT2D eigenvalue weighted by atomic mass is 10.1. The molecule has 0 fully saturated rings. The van der Waals surface area contributed by atoms with E-state index >= 15 is 0 Å². The number of methoxy groups -OCH3 is 2. The summed E-state index contributed by atoms with van der Waals surface area (Å²) in [6.07, 6.45) is 5.27. The third-order valence-electron chi connectivity index (χ3n) is 3.67. The zero-order valence-corrected chi connectivity index (χ0v) is 15.7. The van der Waals surface area contributed by atoms with Crippen molar-refractivity contribution in [2.45, 2.75) is 6.92 Å². The summed E-state index contributed by atoms with van der Waals surface area (Å²) in [6.45, 7) is 2.69. The van der Waals surface area contributed by atoms with Gasteiger partial charge in [0.15, 0.2) is 0 Å². The Bertz CT molecular complexity index is 961. The standard InChI is InChI=1S/C19H20N4O2S/c1-4-21-19-23(22-12-14-6-5-9-20-11-14)17(13-26-19)16-8-7-15(24-2)10-18(16)25-3/h5-13H,4H2,1-3H3. The van der Waals surface area contributed by atoms with E-state index in [0.29, 0.717) is 6.54 Å². The predicted octanol–water partition coefficient (Wildman–Crippen LogP) is 3.43. The zero-order chi connectivity index (χ0) is 18.4. The van der Waals surface area contributed by atoms with Crippen molar-refractivity contribution < 1.29 is 9.47 Å². The molecule has 0 saturated heterocycles. The molecule has 0 aliphatic heterocycles. The van der Waals surface area contributed by atoms with Crippen molar-refractivity contribution in [3.63, 3.8) is 0 Å². The van der Waals surface area contributed by atoms with Crippen molar-refractivity contribution >= 4 is 17.6 Å². The Balaban J connectivity index is 2.12. The van der Waals surface area contributed by atoms with Gasteiger partial charge in [-0.05, 0) is 25.1 Å². The van der Waals surface area contributed by atoms with Crippen LogP contribution in [0.15, 0.2) is 58.2 Å². The highest BCUT2D eigenvalue weighted by molar-refractivity contribution is 7.07. The number of ether oxygens (including phenoxy) is 2. The van der Waals surface area contributed by atoms with Crippen LogP contribution in [0.4, 0.5) is 0 Å². The third kappa shape index (κ3) is 3.83. The Morgan fingerprint density at radius 1 is 1.23 bits per heavy atom. The molecule has 7 heteroatoms. The molecule has 2 heterocycles. The van der Waals surface area contributed by atoms with E-state index in [4.69, 9.17) is 9.47 Å². The summed E-state index contributed by atoms with van der Waals surface area (Å²) < 4.78 is 12.7. The van der Waals surface area contributed by atoms with Crippen LogP contribution in [0.3, 0.4) is 0 Å². The Hall–Kier alpha value is -2.93. The minimum atomic E-state index is 0.683. The number of hydrogen-bond acceptors (Lipinski definition) is 6. The lowest BCUT2D eigenvalue weighted by molar-refractivity contribution is 0.395. The highest BCUT2D eigenvalue weighted by atomic mass is 32.1. The minimum Gasteiger partial charge on any atom is -0.497 e. The Labute approximate surface area is 156 Å². The Morgan fingerprint density at radius 3 is 2.81 bits per heavy atom. The van der Waals surface area contributed by atoms with Crippen molar-refractivity contribution in [1.29, 1.82) is 0 Å². The second kappa shape index (κ2) is 8.44. The summed E-state index contributed by atoms with van der Waals surface area (Å²) in [5, 5.41) is 6.66. The molecule has 0 bridgehead atoms. The van der Waals surface area contributed by atoms with Crippen molar-refractivity contribution in [3.05, 3.63) is 58.5 Å². The van der Waals surface area contributed by atoms with E-state index in [1.165, 1.54) is 11.3 Å². The van der Waals surface area contributed by atoms with Crippen LogP contribution in [-0.4, -0.2) is 36.6 Å². The number of nitrogens with zero attached hydrogens (tertiary/aromatic N) is 4. The van der Waals surface area contributed by atoms with E-state index < -0.39 is 0 Å². The number of benzene rings is 1. The van der Waals surface area contributed by atoms with Gasteiger partial charge in [-0.3, -0.25) is 9.98 Å². The maximum Gasteiger partial charge on any atom is 0.206 e. The van der Waals surface area contributed by atoms with Crippen LogP contribution in [0.25, 0.3) is 11.3 Å². The average molecular weight is 368 g/mol. The van der Waals surface area contributed by atoms with E-state index in [2.05, 4.69) is 15.1 Å². The van der Waals surface area contributed by atoms with Gasteiger partial charge in [0.25, 0.3) is 0 Å². The fourth-order valence-corrected chi connectivity index (χ4v) is 3.32. The molecule has 0 unspecified atom stereocenters. The van der Waals surface area contributed by atoms with Gasteiger partial charge in [0.2, 0.25) is 4.80 Å². The van der Waals surface area contributed by atoms with Gasteiger partial charge in [-0.1, -0.05) is 6.07 Å². The molecule has 0 spiro atoms. The maximum atomic E-state index is 5.55. The molecular formula is C19H20N4O2S. The van der Waals surface area contributed by atoms with Crippen LogP contribution in [0.2, 0.25) is 0 Å². The van der Waals surface area contributed by atoms with E-state index in [1.54, 1.807) is 32.8 Å². The van der Waals surface area contributed by atoms with Crippen LogP contribution >= 0.6 is 11.3 Å². The second-order valence-electron chi connectivity index (χ2n) is 5.29. The molecule has 1 aromatic carbocycles. The molecule has 0 aliphatic rings. The van der Waals surface area contributed by atoms with Crippen LogP contribution in [0.1, 0.15) is 12.5 Å². The maximum absolute atomic E-state index is 5.55. The Morgan fingerprint density at radius 2 is 2.12 bits per heavy atom. The molecule has 0 aliphatic carbocycles. The van der Waals surface area contributed by atoms with E-state index in [9.17, 15) is 0 Å². The smallest absolute Gasteiger partial charge is 0.206 e. The quantitative estimate of drug-likeness (QED) is 0.626. The minimum absolute atomic E-state index is 0.683. The zero-order valence-electron chi connectivity index (χ0n) is 14.9. The number of pyridine rings is 1. The fourth-order valence-electron chi connectivity index (χ4n) is 2.43. The molecule has 3 aromatic rings. The molecule has 0 radical (unpaired) electrons. The van der Waals surface area contributed by atoms with Crippen molar-refractivity contribution in [2.24, 2.45) is 10.1 Å². The lowest BCUT2D eigenvalue weighted by Gasteiger charge is -2.10. The molecule has 134 valence electrons. The summed E-state index contributed by atoms with van der Waals surface area (Å²) in [6, 6.07) is 9.56. The molecule has 26 heavy (non-hydrogen) atoms. The molecule has 0 N–H and O–H groups in total. The summed E-state index contributed by atoms with van der Waals surface area (Å²) in [5.41, 5.74) is 2.74. The van der Waals surface area contributed by atoms with Crippen LogP contribution in [0.5, 0.6) is 11.5 Å². The molecule has 3 rings (SSSR count). The summed E-state index contributed by atoms with van der Waals surface area (Å²) in [4.78, 5) is 9.48. The van der Waals surface area contributed by atoms with E-state index in [0.717, 1.165) is 33.1 Å². The van der Waals surface area contributed by atoms with Gasteiger partial charge in [-0.25, -0.2) is 4.68 Å². The van der Waals surface area contributed by atoms with Gasteiger partial charge >= 0.3 is 0 Å². The van der Waals surface area contributed by atoms with Gasteiger partial charge in [0.05, 0.1) is 26.1 Å². The Kier molecular flexibility index (Phi) is 5.80. The molecule has 0 atom stereocenters. The summed E-state index contributed by atoms with van der Waals surface area (Å²) in [5.74, 6) is 1.46. The third-order valence-corrected chi connectivity index (χ3v) is 4.52. The summed E-state index contributed by atoms with van der Waals surface area (Å²) in [7, 11) is 3.28. The average Bonchev–Trinajstić information content (AvgIpc) is 3.09. The molecule has 0 saturated carbocycles. The SMILES string of the molecule is CCN=c1scc(-c2ccc(OC)cc2OC)n1N=Cc1cccnc1. The van der Waals surface area contributed by atoms with Crippen LogP contribution in [0, 0.1) is 0 Å². The first-order chi connectivity index (χ1) is 12.8. The fraction of sp³-hybridized carbons (Fsp3) is 0.211. The number of hydrogen-bond donors (Lipinski definition) is 0. The van der Waals surface area contributed by atoms with Gasteiger partial charge in [0, 0.05) is 41.5 Å². The number of rotatable bonds is 6. The van der Waals surface area contributed by atoms with Gasteiger partial charge < -0.3 is 9.47 Å². The van der Waals surface area contributed by atoms with Crippen molar-refractivity contribution in [3.8, 4) is 22.8 Å². The van der Waals surface area contributed by atoms with E-state index in [-0.39, 0.29) is 0 Å². The first-order valence-corrected chi connectivity index (χ1v) is 9.02. The highest BCUT2D eigenvalue weighted by Crippen LogP contribution is 2.33. The van der Waals surface area contributed by atoms with Crippen molar-refractivity contribution in [2.75, 3.05) is 20.8 Å². The lowest BCUT2D eigenvalue weighted by Crippen LogP contribution is -2.12. The molecule has 2 aromatic heterocycles. The van der Waals surface area contributed by atoms with Gasteiger partial charge in [-0.2, -0.15) is 5.10 Å². The number of thiazole rings is 1. The molecule has 0 amide bonds. The van der Waals surface area contributed by atoms with Crippen LogP contribution < -0.4 is 14.3 Å². The second-order valence-corrected chi connectivity index (χ2v) is 6.12. The number of aromatic nitrogens is 2. The molecule has 6 nitrogen and oxygen atoms in total. The van der Waals surface area contributed by atoms with Gasteiger partial charge in [0.1, 0.15) is 11.5 Å². The highest BCUT2D eigenvalue weighted by Gasteiger charge is 2.13. The van der Waals surface area contributed by atoms with Crippen molar-refractivity contribution in [1.82, 2.24) is 9.66 Å². The van der Waals surface area contributed by atoms with Crippen LogP contribution in [-0.2, 0) is 0 Å². The predicted molar refractivity (Wildman–Crippen MR) is 104 cm³/mol.